The Kier molecular flexibility index (Phi) is 7.50. The molecule has 0 spiro atoms. The maximum Gasteiger partial charge on any atom is 0.337 e. The topological polar surface area (TPSA) is 139 Å². The van der Waals surface area contributed by atoms with Gasteiger partial charge in [0.25, 0.3) is 5.91 Å². The Hall–Kier alpha value is -4.73. The number of anilines is 2. The van der Waals surface area contributed by atoms with Gasteiger partial charge in [0.2, 0.25) is 5.88 Å². The van der Waals surface area contributed by atoms with Crippen molar-refractivity contribution in [1.29, 1.82) is 0 Å². The number of nitrogens with two attached hydrogens (primary N) is 1. The molecule has 2 heterocycles. The molecule has 206 valence electrons. The summed E-state index contributed by atoms with van der Waals surface area (Å²) in [6.45, 7) is 1.93. The number of pyridine rings is 1. The van der Waals surface area contributed by atoms with E-state index in [0.717, 1.165) is 42.4 Å². The zero-order chi connectivity index (χ0) is 28.4. The summed E-state index contributed by atoms with van der Waals surface area (Å²) in [6, 6.07) is 9.61. The quantitative estimate of drug-likeness (QED) is 0.284. The van der Waals surface area contributed by atoms with Gasteiger partial charge in [-0.05, 0) is 60.6 Å². The highest BCUT2D eigenvalue weighted by atomic mass is 16.5. The van der Waals surface area contributed by atoms with Gasteiger partial charge in [-0.1, -0.05) is 25.0 Å². The molecule has 0 saturated heterocycles. The first kappa shape index (κ1) is 26.9. The van der Waals surface area contributed by atoms with Crippen LogP contribution in [0.4, 0.5) is 11.4 Å². The van der Waals surface area contributed by atoms with E-state index in [1.807, 2.05) is 31.2 Å². The second-order valence-electron chi connectivity index (χ2n) is 9.77. The second kappa shape index (κ2) is 11.2. The van der Waals surface area contributed by atoms with Crippen LogP contribution >= 0.6 is 0 Å². The van der Waals surface area contributed by atoms with E-state index < -0.39 is 11.9 Å². The number of rotatable bonds is 8. The molecule has 1 amide bonds. The molecule has 0 radical (unpaired) electrons. The summed E-state index contributed by atoms with van der Waals surface area (Å²) >= 11 is 0. The lowest BCUT2D eigenvalue weighted by atomic mass is 9.94. The molecule has 3 N–H and O–H groups in total. The summed E-state index contributed by atoms with van der Waals surface area (Å²) in [6.07, 6.45) is 7.54. The van der Waals surface area contributed by atoms with Gasteiger partial charge in [-0.2, -0.15) is 4.98 Å². The average molecular weight is 542 g/mol. The molecule has 1 aliphatic rings. The predicted molar refractivity (Wildman–Crippen MR) is 151 cm³/mol. The van der Waals surface area contributed by atoms with Crippen LogP contribution in [0.15, 0.2) is 42.7 Å². The van der Waals surface area contributed by atoms with Crippen molar-refractivity contribution in [1.82, 2.24) is 15.0 Å². The summed E-state index contributed by atoms with van der Waals surface area (Å²) in [4.78, 5) is 38.2. The molecule has 2 aromatic heterocycles. The molecule has 4 aromatic rings. The first-order valence-electron chi connectivity index (χ1n) is 13.0. The summed E-state index contributed by atoms with van der Waals surface area (Å²) < 4.78 is 15.6. The lowest BCUT2D eigenvalue weighted by Crippen LogP contribution is -2.14. The van der Waals surface area contributed by atoms with Crippen LogP contribution in [0.2, 0.25) is 0 Å². The van der Waals surface area contributed by atoms with E-state index in [9.17, 15) is 9.59 Å². The SMILES string of the molecule is COC(=O)c1cc(Nc2c(C(N)=O)cnc3c(C)c(-c4cnc(OC)nc4OC)ccc23)cc(C2CCCC2)c1. The third kappa shape index (κ3) is 5.00. The highest BCUT2D eigenvalue weighted by Gasteiger charge is 2.22. The van der Waals surface area contributed by atoms with Crippen LogP contribution in [-0.4, -0.2) is 48.2 Å². The van der Waals surface area contributed by atoms with Crippen molar-refractivity contribution in [3.8, 4) is 23.0 Å². The lowest BCUT2D eigenvalue weighted by molar-refractivity contribution is 0.0600. The summed E-state index contributed by atoms with van der Waals surface area (Å²) in [5, 5.41) is 4.08. The molecule has 1 fully saturated rings. The molecule has 1 aliphatic carbocycles. The number of esters is 1. The van der Waals surface area contributed by atoms with Gasteiger partial charge in [-0.25, -0.2) is 9.78 Å². The number of nitrogens with zero attached hydrogens (tertiary/aromatic N) is 3. The van der Waals surface area contributed by atoms with E-state index in [0.29, 0.717) is 45.2 Å². The van der Waals surface area contributed by atoms with Crippen molar-refractivity contribution >= 4 is 34.2 Å². The molecule has 0 atom stereocenters. The number of amides is 1. The third-order valence-corrected chi connectivity index (χ3v) is 7.43. The number of nitrogens with one attached hydrogen (secondary N) is 1. The molecular weight excluding hydrogens is 510 g/mol. The molecular formula is C30H31N5O5. The number of ether oxygens (including phenoxy) is 3. The highest BCUT2D eigenvalue weighted by Crippen LogP contribution is 2.39. The van der Waals surface area contributed by atoms with E-state index in [1.165, 1.54) is 27.5 Å². The van der Waals surface area contributed by atoms with Gasteiger partial charge in [0.15, 0.2) is 0 Å². The number of benzene rings is 2. The molecule has 1 saturated carbocycles. The molecule has 5 rings (SSSR count). The van der Waals surface area contributed by atoms with E-state index in [1.54, 1.807) is 12.3 Å². The Bertz CT molecular complexity index is 1610. The average Bonchev–Trinajstić information content (AvgIpc) is 3.52. The minimum atomic E-state index is -0.621. The minimum Gasteiger partial charge on any atom is -0.480 e. The standard InChI is InChI=1S/C30H31N5O5/c1-16-21(23-14-33-30(40-4)35-28(23)38-2)9-10-22-25(16)32-15-24(27(31)36)26(22)34-20-12-18(17-7-5-6-8-17)11-19(13-20)29(37)39-3/h9-15,17H,5-8H2,1-4H3,(H2,31,36)(H,32,34). The minimum absolute atomic E-state index is 0.195. The van der Waals surface area contributed by atoms with Crippen LogP contribution in [0.3, 0.4) is 0 Å². The van der Waals surface area contributed by atoms with Gasteiger partial charge in [0.05, 0.1) is 49.2 Å². The number of carbonyl (C=O) groups is 2. The van der Waals surface area contributed by atoms with Crippen LogP contribution < -0.4 is 20.5 Å². The van der Waals surface area contributed by atoms with Gasteiger partial charge in [0, 0.05) is 23.5 Å². The Morgan fingerprint density at radius 3 is 2.42 bits per heavy atom. The van der Waals surface area contributed by atoms with E-state index in [2.05, 4.69) is 20.3 Å². The number of hydrogen-bond acceptors (Lipinski definition) is 9. The number of fused-ring (bicyclic) bond motifs is 1. The normalized spacial score (nSPS) is 13.3. The molecule has 0 bridgehead atoms. The summed E-state index contributed by atoms with van der Waals surface area (Å²) in [7, 11) is 4.38. The zero-order valence-corrected chi connectivity index (χ0v) is 22.9. The molecule has 0 aliphatic heterocycles. The van der Waals surface area contributed by atoms with Gasteiger partial charge in [0.1, 0.15) is 0 Å². The van der Waals surface area contributed by atoms with Crippen LogP contribution in [-0.2, 0) is 4.74 Å². The van der Waals surface area contributed by atoms with Gasteiger partial charge in [-0.3, -0.25) is 9.78 Å². The van der Waals surface area contributed by atoms with Gasteiger partial charge >= 0.3 is 12.0 Å². The van der Waals surface area contributed by atoms with Crippen molar-refractivity contribution in [2.75, 3.05) is 26.6 Å². The third-order valence-electron chi connectivity index (χ3n) is 7.43. The summed E-state index contributed by atoms with van der Waals surface area (Å²) in [5.74, 6) is -0.320. The number of hydrogen-bond donors (Lipinski definition) is 2. The maximum absolute atomic E-state index is 12.5. The Balaban J connectivity index is 1.65. The van der Waals surface area contributed by atoms with Crippen LogP contribution in [0, 0.1) is 6.92 Å². The molecule has 10 heteroatoms. The number of carbonyl (C=O) groups excluding carboxylic acids is 2. The fraction of sp³-hybridized carbons (Fsp3) is 0.300. The smallest absolute Gasteiger partial charge is 0.337 e. The molecule has 10 nitrogen and oxygen atoms in total. The predicted octanol–water partition coefficient (Wildman–Crippen LogP) is 5.30. The summed E-state index contributed by atoms with van der Waals surface area (Å²) in [5.41, 5.74) is 11.6. The Morgan fingerprint density at radius 1 is 0.975 bits per heavy atom. The second-order valence-corrected chi connectivity index (χ2v) is 9.77. The molecule has 0 unspecified atom stereocenters. The van der Waals surface area contributed by atoms with Crippen molar-refractivity contribution in [3.05, 3.63) is 65.0 Å². The zero-order valence-electron chi connectivity index (χ0n) is 22.9. The Labute approximate surface area is 231 Å². The van der Waals surface area contributed by atoms with Crippen LogP contribution in [0.5, 0.6) is 11.9 Å². The monoisotopic (exact) mass is 541 g/mol. The van der Waals surface area contributed by atoms with Crippen molar-refractivity contribution in [2.24, 2.45) is 5.73 Å². The molecule has 2 aromatic carbocycles. The first-order valence-corrected chi connectivity index (χ1v) is 13.0. The van der Waals surface area contributed by atoms with Crippen molar-refractivity contribution in [2.45, 2.75) is 38.5 Å². The highest BCUT2D eigenvalue weighted by molar-refractivity contribution is 6.09. The number of primary amides is 1. The first-order chi connectivity index (χ1) is 19.3. The van der Waals surface area contributed by atoms with Crippen LogP contribution in [0.1, 0.15) is 63.4 Å². The van der Waals surface area contributed by atoms with E-state index in [-0.39, 0.29) is 11.6 Å². The Morgan fingerprint density at radius 2 is 1.75 bits per heavy atom. The fourth-order valence-corrected chi connectivity index (χ4v) is 5.41. The molecule has 40 heavy (non-hydrogen) atoms. The van der Waals surface area contributed by atoms with Gasteiger partial charge < -0.3 is 25.3 Å². The number of aromatic nitrogens is 3. The lowest BCUT2D eigenvalue weighted by Gasteiger charge is -2.18. The van der Waals surface area contributed by atoms with Crippen molar-refractivity contribution < 1.29 is 23.8 Å². The fourth-order valence-electron chi connectivity index (χ4n) is 5.41. The van der Waals surface area contributed by atoms with Crippen molar-refractivity contribution in [3.63, 3.8) is 0 Å². The number of methoxy groups -OCH3 is 3. The number of aryl methyl sites for hydroxylation is 1. The van der Waals surface area contributed by atoms with E-state index in [4.69, 9.17) is 19.9 Å². The van der Waals surface area contributed by atoms with E-state index >= 15 is 0 Å². The largest absolute Gasteiger partial charge is 0.480 e. The van der Waals surface area contributed by atoms with Crippen LogP contribution in [0.25, 0.3) is 22.0 Å². The maximum atomic E-state index is 12.5. The van der Waals surface area contributed by atoms with Gasteiger partial charge in [-0.15, -0.1) is 0 Å².